The lowest BCUT2D eigenvalue weighted by atomic mass is 9.70. The molecule has 2 aromatic carbocycles. The van der Waals surface area contributed by atoms with Crippen LogP contribution < -0.4 is 0 Å². The average molecular weight is 371 g/mol. The van der Waals surface area contributed by atoms with Crippen molar-refractivity contribution >= 4 is 5.97 Å². The number of aromatic nitrogens is 1. The highest BCUT2D eigenvalue weighted by Crippen LogP contribution is 2.38. The minimum atomic E-state index is -0.907. The summed E-state index contributed by atoms with van der Waals surface area (Å²) >= 11 is 0. The lowest BCUT2D eigenvalue weighted by Crippen LogP contribution is -2.27. The molecule has 142 valence electrons. The van der Waals surface area contributed by atoms with Gasteiger partial charge in [0.15, 0.2) is 0 Å². The number of benzene rings is 2. The third-order valence-electron chi connectivity index (χ3n) is 5.55. The van der Waals surface area contributed by atoms with Crippen LogP contribution in [0.25, 0.3) is 11.1 Å². The Balaban J connectivity index is 2.03. The fourth-order valence-corrected chi connectivity index (χ4v) is 3.59. The van der Waals surface area contributed by atoms with Crippen LogP contribution in [0.3, 0.4) is 0 Å². The SMILES string of the molecule is C=C(C)C(C)(Cc1ccc(C(=O)O)cc1)c1cc(-c2ccncc2)ccc1C. The van der Waals surface area contributed by atoms with Gasteiger partial charge >= 0.3 is 5.97 Å². The molecule has 28 heavy (non-hydrogen) atoms. The van der Waals surface area contributed by atoms with Gasteiger partial charge in [-0.1, -0.05) is 43.3 Å². The summed E-state index contributed by atoms with van der Waals surface area (Å²) in [5.41, 5.74) is 6.92. The van der Waals surface area contributed by atoms with Crippen molar-refractivity contribution in [2.24, 2.45) is 0 Å². The molecule has 0 aliphatic rings. The zero-order chi connectivity index (χ0) is 20.3. The van der Waals surface area contributed by atoms with E-state index in [1.165, 1.54) is 11.1 Å². The Morgan fingerprint density at radius 3 is 2.25 bits per heavy atom. The largest absolute Gasteiger partial charge is 0.478 e. The smallest absolute Gasteiger partial charge is 0.335 e. The molecule has 0 aliphatic heterocycles. The highest BCUT2D eigenvalue weighted by Gasteiger charge is 2.30. The van der Waals surface area contributed by atoms with Crippen molar-refractivity contribution in [3.8, 4) is 11.1 Å². The van der Waals surface area contributed by atoms with Crippen molar-refractivity contribution in [2.45, 2.75) is 32.6 Å². The summed E-state index contributed by atoms with van der Waals surface area (Å²) in [5.74, 6) is -0.907. The van der Waals surface area contributed by atoms with Gasteiger partial charge in [0.2, 0.25) is 0 Å². The first-order chi connectivity index (χ1) is 13.3. The number of rotatable bonds is 6. The Labute approximate surface area is 166 Å². The fraction of sp³-hybridized carbons (Fsp3) is 0.200. The highest BCUT2D eigenvalue weighted by molar-refractivity contribution is 5.87. The quantitative estimate of drug-likeness (QED) is 0.555. The number of aromatic carboxylic acids is 1. The van der Waals surface area contributed by atoms with E-state index < -0.39 is 5.97 Å². The number of pyridine rings is 1. The Morgan fingerprint density at radius 2 is 1.68 bits per heavy atom. The maximum absolute atomic E-state index is 11.1. The van der Waals surface area contributed by atoms with Crippen molar-refractivity contribution in [1.82, 2.24) is 4.98 Å². The number of allylic oxidation sites excluding steroid dienone is 1. The zero-order valence-electron chi connectivity index (χ0n) is 16.6. The van der Waals surface area contributed by atoms with Crippen LogP contribution in [0.5, 0.6) is 0 Å². The molecular weight excluding hydrogens is 346 g/mol. The Kier molecular flexibility index (Phi) is 5.46. The summed E-state index contributed by atoms with van der Waals surface area (Å²) < 4.78 is 0. The zero-order valence-corrected chi connectivity index (χ0v) is 16.6. The third-order valence-corrected chi connectivity index (χ3v) is 5.55. The number of hydrogen-bond donors (Lipinski definition) is 1. The van der Waals surface area contributed by atoms with Crippen molar-refractivity contribution in [3.63, 3.8) is 0 Å². The van der Waals surface area contributed by atoms with Crippen molar-refractivity contribution in [1.29, 1.82) is 0 Å². The average Bonchev–Trinajstić information content (AvgIpc) is 2.69. The van der Waals surface area contributed by atoms with E-state index in [0.29, 0.717) is 5.56 Å². The van der Waals surface area contributed by atoms with E-state index in [0.717, 1.165) is 28.7 Å². The molecule has 0 spiro atoms. The molecule has 1 aromatic heterocycles. The molecule has 3 rings (SSSR count). The van der Waals surface area contributed by atoms with Gasteiger partial charge in [0.05, 0.1) is 5.56 Å². The number of nitrogens with zero attached hydrogens (tertiary/aromatic N) is 1. The molecule has 0 bridgehead atoms. The molecular formula is C25H25NO2. The van der Waals surface area contributed by atoms with Crippen molar-refractivity contribution in [3.05, 3.63) is 101 Å². The number of carboxylic acid groups (broad SMARTS) is 1. The summed E-state index contributed by atoms with van der Waals surface area (Å²) in [4.78, 5) is 15.2. The molecule has 0 radical (unpaired) electrons. The summed E-state index contributed by atoms with van der Waals surface area (Å²) in [6.07, 6.45) is 4.36. The van der Waals surface area contributed by atoms with E-state index in [2.05, 4.69) is 50.5 Å². The van der Waals surface area contributed by atoms with E-state index in [1.807, 2.05) is 24.3 Å². The second kappa shape index (κ2) is 7.81. The first kappa shape index (κ1) is 19.6. The Hall–Kier alpha value is -3.20. The van der Waals surface area contributed by atoms with E-state index >= 15 is 0 Å². The van der Waals surface area contributed by atoms with Crippen LogP contribution in [0.4, 0.5) is 0 Å². The van der Waals surface area contributed by atoms with Crippen LogP contribution in [0.15, 0.2) is 79.1 Å². The monoisotopic (exact) mass is 371 g/mol. The van der Waals surface area contributed by atoms with Crippen LogP contribution >= 0.6 is 0 Å². The minimum absolute atomic E-state index is 0.266. The van der Waals surface area contributed by atoms with Crippen LogP contribution in [-0.2, 0) is 11.8 Å². The molecule has 1 heterocycles. The number of aryl methyl sites for hydroxylation is 1. The second-order valence-electron chi connectivity index (χ2n) is 7.56. The molecule has 0 fully saturated rings. The van der Waals surface area contributed by atoms with Gasteiger partial charge in [-0.2, -0.15) is 0 Å². The van der Waals surface area contributed by atoms with Gasteiger partial charge in [-0.05, 0) is 78.4 Å². The van der Waals surface area contributed by atoms with Gasteiger partial charge in [0.25, 0.3) is 0 Å². The molecule has 3 nitrogen and oxygen atoms in total. The normalized spacial score (nSPS) is 13.0. The van der Waals surface area contributed by atoms with Gasteiger partial charge in [0.1, 0.15) is 0 Å². The topological polar surface area (TPSA) is 50.2 Å². The summed E-state index contributed by atoms with van der Waals surface area (Å²) in [6, 6.07) is 17.7. The molecule has 0 saturated carbocycles. The highest BCUT2D eigenvalue weighted by atomic mass is 16.4. The first-order valence-electron chi connectivity index (χ1n) is 9.31. The van der Waals surface area contributed by atoms with Gasteiger partial charge in [-0.3, -0.25) is 4.98 Å². The standard InChI is InChI=1S/C25H25NO2/c1-17(2)25(4,16-19-6-9-21(10-7-19)24(27)28)23-15-22(8-5-18(23)3)20-11-13-26-14-12-20/h5-15H,1,16H2,2-4H3,(H,27,28). The Morgan fingerprint density at radius 1 is 1.04 bits per heavy atom. The third kappa shape index (κ3) is 3.89. The predicted octanol–water partition coefficient (Wildman–Crippen LogP) is 5.83. The summed E-state index contributed by atoms with van der Waals surface area (Å²) in [5, 5.41) is 9.13. The lowest BCUT2D eigenvalue weighted by molar-refractivity contribution is 0.0697. The van der Waals surface area contributed by atoms with Gasteiger partial charge in [-0.15, -0.1) is 0 Å². The van der Waals surface area contributed by atoms with Crippen molar-refractivity contribution < 1.29 is 9.90 Å². The molecule has 0 amide bonds. The maximum Gasteiger partial charge on any atom is 0.335 e. The molecule has 0 aliphatic carbocycles. The molecule has 1 N–H and O–H groups in total. The predicted molar refractivity (Wildman–Crippen MR) is 114 cm³/mol. The van der Waals surface area contributed by atoms with Gasteiger partial charge < -0.3 is 5.11 Å². The number of carboxylic acids is 1. The number of carbonyl (C=O) groups is 1. The molecule has 1 unspecified atom stereocenters. The van der Waals surface area contributed by atoms with E-state index in [4.69, 9.17) is 5.11 Å². The molecule has 3 aromatic rings. The summed E-state index contributed by atoms with van der Waals surface area (Å²) in [6.45, 7) is 10.7. The van der Waals surface area contributed by atoms with E-state index in [9.17, 15) is 4.79 Å². The maximum atomic E-state index is 11.1. The van der Waals surface area contributed by atoms with Crippen LogP contribution in [0.2, 0.25) is 0 Å². The minimum Gasteiger partial charge on any atom is -0.478 e. The van der Waals surface area contributed by atoms with E-state index in [-0.39, 0.29) is 5.41 Å². The van der Waals surface area contributed by atoms with Crippen LogP contribution in [0.1, 0.15) is 40.9 Å². The van der Waals surface area contributed by atoms with Crippen LogP contribution in [-0.4, -0.2) is 16.1 Å². The summed E-state index contributed by atoms with van der Waals surface area (Å²) in [7, 11) is 0. The first-order valence-corrected chi connectivity index (χ1v) is 9.31. The lowest BCUT2D eigenvalue weighted by Gasteiger charge is -2.33. The molecule has 1 atom stereocenters. The second-order valence-corrected chi connectivity index (χ2v) is 7.56. The van der Waals surface area contributed by atoms with Crippen LogP contribution in [0, 0.1) is 6.92 Å². The van der Waals surface area contributed by atoms with Gasteiger partial charge in [-0.25, -0.2) is 4.79 Å². The van der Waals surface area contributed by atoms with Crippen molar-refractivity contribution in [2.75, 3.05) is 0 Å². The van der Waals surface area contributed by atoms with Gasteiger partial charge in [0, 0.05) is 17.8 Å². The fourth-order valence-electron chi connectivity index (χ4n) is 3.59. The number of hydrogen-bond acceptors (Lipinski definition) is 2. The Bertz CT molecular complexity index is 1010. The molecule has 3 heteroatoms. The molecule has 0 saturated heterocycles. The van der Waals surface area contributed by atoms with E-state index in [1.54, 1.807) is 24.5 Å².